The van der Waals surface area contributed by atoms with Crippen molar-refractivity contribution in [2.24, 2.45) is 0 Å². The van der Waals surface area contributed by atoms with Crippen molar-refractivity contribution in [3.63, 3.8) is 0 Å². The summed E-state index contributed by atoms with van der Waals surface area (Å²) in [5, 5.41) is 0. The van der Waals surface area contributed by atoms with E-state index in [1.165, 1.54) is 5.56 Å². The van der Waals surface area contributed by atoms with E-state index in [0.29, 0.717) is 6.61 Å². The molecule has 0 unspecified atom stereocenters. The molecule has 0 saturated carbocycles. The highest BCUT2D eigenvalue weighted by Gasteiger charge is 2.14. The van der Waals surface area contributed by atoms with Gasteiger partial charge in [-0.25, -0.2) is 0 Å². The van der Waals surface area contributed by atoms with Gasteiger partial charge in [-0.05, 0) is 43.5 Å². The quantitative estimate of drug-likeness (QED) is 0.568. The highest BCUT2D eigenvalue weighted by molar-refractivity contribution is 7.96. The fraction of sp³-hybridized carbons (Fsp3) is 0.222. The molecule has 110 valence electrons. The van der Waals surface area contributed by atoms with Crippen molar-refractivity contribution < 1.29 is 4.74 Å². The zero-order chi connectivity index (χ0) is 15.4. The molecule has 0 heterocycles. The van der Waals surface area contributed by atoms with E-state index in [0.717, 1.165) is 32.3 Å². The summed E-state index contributed by atoms with van der Waals surface area (Å²) in [5.41, 5.74) is 4.39. The molecule has 0 amide bonds. The Bertz CT molecular complexity index is 660. The molecule has 0 aromatic heterocycles. The average molecular weight is 316 g/mol. The Morgan fingerprint density at radius 2 is 1.67 bits per heavy atom. The van der Waals surface area contributed by atoms with Gasteiger partial charge >= 0.3 is 0 Å². The largest absolute Gasteiger partial charge is 0.493 e. The first kappa shape index (κ1) is 16.1. The molecule has 0 fully saturated rings. The second-order valence-corrected chi connectivity index (χ2v) is 5.85. The Hall–Kier alpha value is -1.32. The number of hydrogen-bond donors (Lipinski definition) is 2. The molecular weight excluding hydrogens is 296 g/mol. The highest BCUT2D eigenvalue weighted by Crippen LogP contribution is 2.39. The zero-order valence-corrected chi connectivity index (χ0v) is 14.3. The molecule has 0 aliphatic carbocycles. The van der Waals surface area contributed by atoms with Crippen LogP contribution in [-0.4, -0.2) is 6.61 Å². The van der Waals surface area contributed by atoms with Gasteiger partial charge in [0, 0.05) is 15.4 Å². The van der Waals surface area contributed by atoms with E-state index in [4.69, 9.17) is 17.4 Å². The van der Waals surface area contributed by atoms with Crippen LogP contribution in [-0.2, 0) is 0 Å². The molecule has 0 aliphatic rings. The number of rotatable bonds is 4. The van der Waals surface area contributed by atoms with Crippen molar-refractivity contribution in [3.8, 4) is 5.75 Å². The lowest BCUT2D eigenvalue weighted by atomic mass is 10.0. The van der Waals surface area contributed by atoms with Gasteiger partial charge in [-0.15, -0.1) is 25.3 Å². The van der Waals surface area contributed by atoms with E-state index in [-0.39, 0.29) is 0 Å². The number of thiol groups is 2. The topological polar surface area (TPSA) is 9.23 Å². The van der Waals surface area contributed by atoms with Crippen molar-refractivity contribution in [1.82, 2.24) is 0 Å². The van der Waals surface area contributed by atoms with E-state index >= 15 is 0 Å². The van der Waals surface area contributed by atoms with E-state index in [9.17, 15) is 0 Å². The average Bonchev–Trinajstić information content (AvgIpc) is 2.46. The minimum atomic E-state index is 0.629. The van der Waals surface area contributed by atoms with E-state index in [2.05, 4.69) is 32.5 Å². The maximum Gasteiger partial charge on any atom is 0.128 e. The maximum atomic E-state index is 5.79. The third-order valence-electron chi connectivity index (χ3n) is 3.25. The van der Waals surface area contributed by atoms with Gasteiger partial charge in [0.1, 0.15) is 5.75 Å². The van der Waals surface area contributed by atoms with Crippen LogP contribution in [0.4, 0.5) is 0 Å². The Kier molecular flexibility index (Phi) is 5.43. The third kappa shape index (κ3) is 3.66. The molecule has 0 saturated heterocycles. The van der Waals surface area contributed by atoms with Gasteiger partial charge in [-0.1, -0.05) is 36.4 Å². The van der Waals surface area contributed by atoms with Gasteiger partial charge in [0.25, 0.3) is 0 Å². The Morgan fingerprint density at radius 3 is 2.29 bits per heavy atom. The molecule has 0 bridgehead atoms. The lowest BCUT2D eigenvalue weighted by Gasteiger charge is -2.16. The van der Waals surface area contributed by atoms with Crippen LogP contribution in [0.25, 0.3) is 9.81 Å². The molecule has 21 heavy (non-hydrogen) atoms. The van der Waals surface area contributed by atoms with Crippen molar-refractivity contribution >= 4 is 35.1 Å². The molecule has 3 heteroatoms. The summed E-state index contributed by atoms with van der Waals surface area (Å²) in [6.45, 7) is 6.76. The van der Waals surface area contributed by atoms with E-state index in [1.54, 1.807) is 0 Å². The zero-order valence-electron chi connectivity index (χ0n) is 12.6. The van der Waals surface area contributed by atoms with Crippen LogP contribution < -0.4 is 4.74 Å². The van der Waals surface area contributed by atoms with Gasteiger partial charge in [0.05, 0.1) is 6.61 Å². The molecule has 0 N–H and O–H groups in total. The number of hydrogen-bond acceptors (Lipinski definition) is 3. The maximum absolute atomic E-state index is 5.79. The number of aryl methyl sites for hydroxylation is 2. The van der Waals surface area contributed by atoms with Crippen LogP contribution in [0, 0.1) is 13.8 Å². The second kappa shape index (κ2) is 7.10. The summed E-state index contributed by atoms with van der Waals surface area (Å²) in [6, 6.07) is 14.2. The van der Waals surface area contributed by atoms with Crippen molar-refractivity contribution in [1.29, 1.82) is 0 Å². The lowest BCUT2D eigenvalue weighted by molar-refractivity contribution is 0.339. The first-order valence-corrected chi connectivity index (χ1v) is 7.86. The van der Waals surface area contributed by atoms with E-state index < -0.39 is 0 Å². The monoisotopic (exact) mass is 316 g/mol. The predicted octanol–water partition coefficient (Wildman–Crippen LogP) is 5.39. The molecule has 0 atom stereocenters. The Balaban J connectivity index is 2.60. The summed E-state index contributed by atoms with van der Waals surface area (Å²) in [4.78, 5) is 1.69. The summed E-state index contributed by atoms with van der Waals surface area (Å²) in [6.07, 6.45) is 0. The fourth-order valence-corrected chi connectivity index (χ4v) is 3.03. The van der Waals surface area contributed by atoms with Crippen LogP contribution in [0.3, 0.4) is 0 Å². The van der Waals surface area contributed by atoms with Crippen LogP contribution >= 0.6 is 25.3 Å². The molecule has 2 aromatic carbocycles. The smallest absolute Gasteiger partial charge is 0.128 e. The van der Waals surface area contributed by atoms with Gasteiger partial charge in [0.15, 0.2) is 0 Å². The molecule has 2 aromatic rings. The van der Waals surface area contributed by atoms with Gasteiger partial charge < -0.3 is 4.74 Å². The van der Waals surface area contributed by atoms with Gasteiger partial charge in [-0.3, -0.25) is 0 Å². The van der Waals surface area contributed by atoms with Crippen molar-refractivity contribution in [2.75, 3.05) is 6.61 Å². The van der Waals surface area contributed by atoms with Gasteiger partial charge in [0.2, 0.25) is 0 Å². The molecule has 0 spiro atoms. The molecule has 2 rings (SSSR count). The van der Waals surface area contributed by atoms with Crippen molar-refractivity contribution in [2.45, 2.75) is 20.8 Å². The number of ether oxygens (including phenoxy) is 1. The summed E-state index contributed by atoms with van der Waals surface area (Å²) in [5.74, 6) is 0.863. The predicted molar refractivity (Wildman–Crippen MR) is 98.3 cm³/mol. The lowest BCUT2D eigenvalue weighted by Crippen LogP contribution is -1.99. The first-order valence-electron chi connectivity index (χ1n) is 6.96. The van der Waals surface area contributed by atoms with Crippen LogP contribution in [0.5, 0.6) is 5.75 Å². The minimum Gasteiger partial charge on any atom is -0.493 e. The summed E-state index contributed by atoms with van der Waals surface area (Å²) >= 11 is 9.38. The Labute approximate surface area is 137 Å². The van der Waals surface area contributed by atoms with Crippen LogP contribution in [0.15, 0.2) is 42.5 Å². The van der Waals surface area contributed by atoms with Crippen LogP contribution in [0.1, 0.15) is 29.2 Å². The van der Waals surface area contributed by atoms with Gasteiger partial charge in [-0.2, -0.15) is 0 Å². The molecule has 1 nitrogen and oxygen atoms in total. The number of benzene rings is 2. The van der Waals surface area contributed by atoms with E-state index in [1.807, 2.05) is 43.3 Å². The normalized spacial score (nSPS) is 12.0. The summed E-state index contributed by atoms with van der Waals surface area (Å²) in [7, 11) is 0. The fourth-order valence-electron chi connectivity index (χ4n) is 2.35. The molecule has 0 radical (unpaired) electrons. The highest BCUT2D eigenvalue weighted by atomic mass is 32.1. The molecule has 0 aliphatic heterocycles. The molecular formula is C18H20OS2. The van der Waals surface area contributed by atoms with Crippen molar-refractivity contribution in [3.05, 3.63) is 64.7 Å². The Morgan fingerprint density at radius 1 is 1.00 bits per heavy atom. The first-order chi connectivity index (χ1) is 10.0. The summed E-state index contributed by atoms with van der Waals surface area (Å²) < 4.78 is 5.79. The second-order valence-electron chi connectivity index (χ2n) is 4.95. The minimum absolute atomic E-state index is 0.629. The van der Waals surface area contributed by atoms with Crippen LogP contribution in [0.2, 0.25) is 0 Å². The third-order valence-corrected chi connectivity index (χ3v) is 4.36. The standard InChI is InChI=1S/C18H20OS2/c1-4-19-15-11-12(2)10-13(3)16(15)18(21)17(20)14-8-6-5-7-9-14/h5-11,20-21H,4H2,1-3H3. The SMILES string of the molecule is CCOc1cc(C)cc(C)c1C(S)=C(S)c1ccccc1.